The molecule has 0 radical (unpaired) electrons. The van der Waals surface area contributed by atoms with Gasteiger partial charge in [-0.1, -0.05) is 48.0 Å². The molecule has 1 unspecified atom stereocenters. The van der Waals surface area contributed by atoms with Crippen LogP contribution in [0.2, 0.25) is 0 Å². The molecule has 0 fully saturated rings. The summed E-state index contributed by atoms with van der Waals surface area (Å²) in [6, 6.07) is 16.5. The average molecular weight is 266 g/mol. The molecule has 0 aliphatic carbocycles. The third-order valence-corrected chi connectivity index (χ3v) is 3.25. The molecule has 0 saturated heterocycles. The molecule has 0 heterocycles. The Balaban J connectivity index is 2.30. The van der Waals surface area contributed by atoms with Crippen LogP contribution in [-0.2, 0) is 6.42 Å². The van der Waals surface area contributed by atoms with Gasteiger partial charge in [0.15, 0.2) is 0 Å². The zero-order chi connectivity index (χ0) is 14.5. The van der Waals surface area contributed by atoms with E-state index in [1.807, 2.05) is 31.2 Å². The number of para-hydroxylation sites is 1. The number of nitriles is 1. The lowest BCUT2D eigenvalue weighted by Crippen LogP contribution is -2.03. The van der Waals surface area contributed by atoms with Crippen molar-refractivity contribution >= 4 is 5.69 Å². The minimum absolute atomic E-state index is 0.0693. The maximum atomic E-state index is 11.0. The van der Waals surface area contributed by atoms with Gasteiger partial charge in [-0.2, -0.15) is 5.26 Å². The van der Waals surface area contributed by atoms with Crippen LogP contribution in [0.15, 0.2) is 48.5 Å². The van der Waals surface area contributed by atoms with E-state index in [-0.39, 0.29) is 11.6 Å². The van der Waals surface area contributed by atoms with Crippen molar-refractivity contribution in [1.29, 1.82) is 5.26 Å². The minimum Gasteiger partial charge on any atom is -0.258 e. The van der Waals surface area contributed by atoms with Crippen LogP contribution in [0.5, 0.6) is 0 Å². The summed E-state index contributed by atoms with van der Waals surface area (Å²) < 4.78 is 0. The van der Waals surface area contributed by atoms with Crippen molar-refractivity contribution in [2.24, 2.45) is 0 Å². The van der Waals surface area contributed by atoms with Gasteiger partial charge in [0, 0.05) is 11.6 Å². The lowest BCUT2D eigenvalue weighted by molar-refractivity contribution is -0.385. The molecule has 4 heteroatoms. The van der Waals surface area contributed by atoms with Gasteiger partial charge < -0.3 is 0 Å². The second kappa shape index (κ2) is 5.98. The van der Waals surface area contributed by atoms with Crippen LogP contribution in [0.3, 0.4) is 0 Å². The Morgan fingerprint density at radius 2 is 1.85 bits per heavy atom. The van der Waals surface area contributed by atoms with Crippen LogP contribution in [-0.4, -0.2) is 4.92 Å². The monoisotopic (exact) mass is 266 g/mol. The van der Waals surface area contributed by atoms with E-state index in [9.17, 15) is 15.4 Å². The maximum Gasteiger partial charge on any atom is 0.272 e. The number of benzene rings is 2. The summed E-state index contributed by atoms with van der Waals surface area (Å²) in [5.74, 6) is -0.378. The lowest BCUT2D eigenvalue weighted by Gasteiger charge is -2.10. The molecule has 2 aromatic rings. The molecule has 100 valence electrons. The summed E-state index contributed by atoms with van der Waals surface area (Å²) in [5.41, 5.74) is 2.66. The zero-order valence-corrected chi connectivity index (χ0v) is 11.1. The van der Waals surface area contributed by atoms with E-state index in [4.69, 9.17) is 0 Å². The Hall–Kier alpha value is -2.67. The van der Waals surface area contributed by atoms with E-state index in [2.05, 4.69) is 6.07 Å². The van der Waals surface area contributed by atoms with E-state index in [1.54, 1.807) is 18.2 Å². The number of nitro groups is 1. The fourth-order valence-electron chi connectivity index (χ4n) is 2.12. The third kappa shape index (κ3) is 3.01. The van der Waals surface area contributed by atoms with Crippen molar-refractivity contribution in [3.63, 3.8) is 0 Å². The van der Waals surface area contributed by atoms with Gasteiger partial charge in [0.25, 0.3) is 5.69 Å². The topological polar surface area (TPSA) is 66.9 Å². The molecule has 0 spiro atoms. The highest BCUT2D eigenvalue weighted by molar-refractivity contribution is 5.42. The molecular weight excluding hydrogens is 252 g/mol. The molecule has 0 aliphatic rings. The Morgan fingerprint density at radius 1 is 1.20 bits per heavy atom. The first-order valence-corrected chi connectivity index (χ1v) is 6.30. The van der Waals surface area contributed by atoms with Gasteiger partial charge in [-0.3, -0.25) is 10.1 Å². The van der Waals surface area contributed by atoms with Crippen molar-refractivity contribution in [2.75, 3.05) is 0 Å². The summed E-state index contributed by atoms with van der Waals surface area (Å²) >= 11 is 0. The van der Waals surface area contributed by atoms with Crippen LogP contribution in [0.25, 0.3) is 0 Å². The molecule has 0 bridgehead atoms. The first-order chi connectivity index (χ1) is 9.61. The highest BCUT2D eigenvalue weighted by atomic mass is 16.6. The molecule has 20 heavy (non-hydrogen) atoms. The highest BCUT2D eigenvalue weighted by Gasteiger charge is 2.18. The van der Waals surface area contributed by atoms with Gasteiger partial charge in [-0.15, -0.1) is 0 Å². The molecule has 2 aromatic carbocycles. The molecule has 2 rings (SSSR count). The van der Waals surface area contributed by atoms with Crippen molar-refractivity contribution < 1.29 is 4.92 Å². The zero-order valence-electron chi connectivity index (χ0n) is 11.1. The standard InChI is InChI=1S/C16H14N2O2/c1-12-6-8-13(9-7-12)15(11-17)10-14-4-2-3-5-16(14)18(19)20/h2-9,15H,10H2,1H3. The number of nitro benzene ring substituents is 1. The Bertz CT molecular complexity index is 657. The van der Waals surface area contributed by atoms with E-state index < -0.39 is 4.92 Å². The lowest BCUT2D eigenvalue weighted by atomic mass is 9.92. The van der Waals surface area contributed by atoms with Crippen LogP contribution >= 0.6 is 0 Å². The van der Waals surface area contributed by atoms with Crippen molar-refractivity contribution in [3.05, 3.63) is 75.3 Å². The second-order valence-electron chi connectivity index (χ2n) is 4.68. The van der Waals surface area contributed by atoms with Crippen LogP contribution in [0.4, 0.5) is 5.69 Å². The van der Waals surface area contributed by atoms with Gasteiger partial charge in [-0.05, 0) is 18.9 Å². The smallest absolute Gasteiger partial charge is 0.258 e. The number of rotatable bonds is 4. The van der Waals surface area contributed by atoms with Crippen LogP contribution in [0, 0.1) is 28.4 Å². The van der Waals surface area contributed by atoms with E-state index in [0.29, 0.717) is 12.0 Å². The summed E-state index contributed by atoms with van der Waals surface area (Å²) in [5, 5.41) is 20.3. The Labute approximate surface area is 117 Å². The van der Waals surface area contributed by atoms with E-state index >= 15 is 0 Å². The van der Waals surface area contributed by atoms with E-state index in [1.165, 1.54) is 6.07 Å². The normalized spacial score (nSPS) is 11.6. The highest BCUT2D eigenvalue weighted by Crippen LogP contribution is 2.26. The number of hydrogen-bond acceptors (Lipinski definition) is 3. The van der Waals surface area contributed by atoms with E-state index in [0.717, 1.165) is 11.1 Å². The predicted molar refractivity (Wildman–Crippen MR) is 76.3 cm³/mol. The number of hydrogen-bond donors (Lipinski definition) is 0. The molecule has 0 aromatic heterocycles. The second-order valence-corrected chi connectivity index (χ2v) is 4.68. The SMILES string of the molecule is Cc1ccc(C(C#N)Cc2ccccc2[N+](=O)[O-])cc1. The molecule has 0 amide bonds. The summed E-state index contributed by atoms with van der Waals surface area (Å²) in [6.07, 6.45) is 0.344. The summed E-state index contributed by atoms with van der Waals surface area (Å²) in [6.45, 7) is 1.98. The Morgan fingerprint density at radius 3 is 2.45 bits per heavy atom. The molecule has 1 atom stereocenters. The fraction of sp³-hybridized carbons (Fsp3) is 0.188. The van der Waals surface area contributed by atoms with Gasteiger partial charge in [0.05, 0.1) is 16.9 Å². The molecule has 0 aliphatic heterocycles. The van der Waals surface area contributed by atoms with Gasteiger partial charge in [-0.25, -0.2) is 0 Å². The number of nitrogens with zero attached hydrogens (tertiary/aromatic N) is 2. The first-order valence-electron chi connectivity index (χ1n) is 6.30. The largest absolute Gasteiger partial charge is 0.272 e. The maximum absolute atomic E-state index is 11.0. The van der Waals surface area contributed by atoms with Crippen molar-refractivity contribution in [2.45, 2.75) is 19.3 Å². The first kappa shape index (κ1) is 13.8. The van der Waals surface area contributed by atoms with Gasteiger partial charge >= 0.3 is 0 Å². The van der Waals surface area contributed by atoms with Gasteiger partial charge in [0.2, 0.25) is 0 Å². The molecule has 0 N–H and O–H groups in total. The van der Waals surface area contributed by atoms with Crippen molar-refractivity contribution in [1.82, 2.24) is 0 Å². The van der Waals surface area contributed by atoms with Crippen LogP contribution < -0.4 is 0 Å². The van der Waals surface area contributed by atoms with Gasteiger partial charge in [0.1, 0.15) is 0 Å². The number of aryl methyl sites for hydroxylation is 1. The third-order valence-electron chi connectivity index (χ3n) is 3.25. The molecular formula is C16H14N2O2. The molecule has 4 nitrogen and oxygen atoms in total. The van der Waals surface area contributed by atoms with Crippen LogP contribution in [0.1, 0.15) is 22.6 Å². The molecule has 0 saturated carbocycles. The quantitative estimate of drug-likeness (QED) is 0.625. The average Bonchev–Trinajstić information content (AvgIpc) is 2.46. The predicted octanol–water partition coefficient (Wildman–Crippen LogP) is 3.75. The van der Waals surface area contributed by atoms with Crippen molar-refractivity contribution in [3.8, 4) is 6.07 Å². The minimum atomic E-state index is -0.404. The fourth-order valence-corrected chi connectivity index (χ4v) is 2.12. The summed E-state index contributed by atoms with van der Waals surface area (Å²) in [4.78, 5) is 10.6. The Kier molecular flexibility index (Phi) is 4.11. The summed E-state index contributed by atoms with van der Waals surface area (Å²) in [7, 11) is 0.